The van der Waals surface area contributed by atoms with Gasteiger partial charge >= 0.3 is 5.97 Å². The van der Waals surface area contributed by atoms with Gasteiger partial charge in [-0.15, -0.1) is 0 Å². The Morgan fingerprint density at radius 3 is 2.36 bits per heavy atom. The van der Waals surface area contributed by atoms with E-state index in [4.69, 9.17) is 5.73 Å². The number of phenols is 1. The molecule has 2 aromatic carbocycles. The number of carboxylic acids is 1. The fourth-order valence-electron chi connectivity index (χ4n) is 6.69. The Labute approximate surface area is 222 Å². The number of carbonyl (C=O) groups is 6. The molecule has 5 N–H and O–H groups in total. The van der Waals surface area contributed by atoms with Crippen LogP contribution in [0, 0.1) is 23.7 Å². The fourth-order valence-corrected chi connectivity index (χ4v) is 6.69. The number of aromatic hydroxyl groups is 1. The minimum atomic E-state index is -2.79. The first-order valence-electron chi connectivity index (χ1n) is 12.3. The first-order valence-corrected chi connectivity index (χ1v) is 12.3. The van der Waals surface area contributed by atoms with E-state index in [2.05, 4.69) is 0 Å². The number of carbonyl (C=O) groups excluding carboxylic acids is 5. The third-order valence-corrected chi connectivity index (χ3v) is 8.37. The van der Waals surface area contributed by atoms with Crippen molar-refractivity contribution in [2.24, 2.45) is 29.4 Å². The van der Waals surface area contributed by atoms with Crippen molar-refractivity contribution in [3.05, 3.63) is 53.1 Å². The maximum atomic E-state index is 13.9. The number of aromatic carboxylic acids is 1. The molecule has 11 nitrogen and oxygen atoms in total. The Morgan fingerprint density at radius 2 is 1.74 bits per heavy atom. The van der Waals surface area contributed by atoms with E-state index in [0.717, 1.165) is 0 Å². The van der Waals surface area contributed by atoms with Crippen LogP contribution in [0.1, 0.15) is 32.7 Å². The number of likely N-dealkylation sites (N-methyl/N-ethyl adjacent to an activating group) is 1. The number of fused-ring (bicyclic) bond motifs is 3. The van der Waals surface area contributed by atoms with Gasteiger partial charge in [-0.2, -0.15) is 0 Å². The van der Waals surface area contributed by atoms with E-state index in [1.165, 1.54) is 37.2 Å². The molecule has 0 saturated heterocycles. The third-order valence-electron chi connectivity index (χ3n) is 8.37. The Balaban J connectivity index is 1.66. The van der Waals surface area contributed by atoms with Gasteiger partial charge in [0.15, 0.2) is 34.7 Å². The van der Waals surface area contributed by atoms with Crippen LogP contribution in [0.15, 0.2) is 36.4 Å². The molecular weight excluding hydrogens is 508 g/mol. The van der Waals surface area contributed by atoms with Crippen LogP contribution >= 0.6 is 0 Å². The van der Waals surface area contributed by atoms with Crippen LogP contribution in [0.5, 0.6) is 5.75 Å². The molecule has 3 aliphatic rings. The molecule has 0 heterocycles. The lowest BCUT2D eigenvalue weighted by Crippen LogP contribution is -2.74. The standard InChI is InChI=1S/C28H26N2O9/c1-30(2)21-16-10-13-9-15-14(11-4-3-5-12(8-11)27(37)38)6-7-17(31)19(15)22(32)18(13)24(34)28(16,39)25(35)20(23(21)33)26(29)36/h3-8,13,16,18,20-21,31,39H,9-10H2,1-2H3,(H2,29,36)(H,37,38). The molecule has 0 bridgehead atoms. The molecule has 0 spiro atoms. The molecule has 2 saturated carbocycles. The highest BCUT2D eigenvalue weighted by atomic mass is 16.4. The monoisotopic (exact) mass is 534 g/mol. The predicted octanol–water partition coefficient (Wildman–Crippen LogP) is 0.232. The summed E-state index contributed by atoms with van der Waals surface area (Å²) in [6.45, 7) is 0. The molecule has 5 rings (SSSR count). The number of ketones is 4. The lowest BCUT2D eigenvalue weighted by Gasteiger charge is -2.52. The van der Waals surface area contributed by atoms with Crippen molar-refractivity contribution in [2.75, 3.05) is 14.1 Å². The second-order valence-electron chi connectivity index (χ2n) is 10.7. The Hall–Kier alpha value is -4.22. The maximum absolute atomic E-state index is 13.9. The van der Waals surface area contributed by atoms with Crippen molar-refractivity contribution in [1.29, 1.82) is 0 Å². The molecule has 202 valence electrons. The second kappa shape index (κ2) is 8.92. The van der Waals surface area contributed by atoms with Gasteiger partial charge < -0.3 is 21.1 Å². The van der Waals surface area contributed by atoms with Crippen molar-refractivity contribution in [1.82, 2.24) is 4.90 Å². The average molecular weight is 535 g/mol. The molecule has 1 amide bonds. The van der Waals surface area contributed by atoms with E-state index in [-0.39, 0.29) is 24.0 Å². The number of phenolic OH excluding ortho intramolecular Hbond substituents is 1. The van der Waals surface area contributed by atoms with Crippen LogP contribution in [-0.2, 0) is 25.6 Å². The number of nitrogens with zero attached hydrogens (tertiary/aromatic N) is 1. The van der Waals surface area contributed by atoms with E-state index in [1.54, 1.807) is 18.2 Å². The molecular formula is C28H26N2O9. The lowest BCUT2D eigenvalue weighted by atomic mass is 9.52. The van der Waals surface area contributed by atoms with E-state index in [9.17, 15) is 44.1 Å². The summed E-state index contributed by atoms with van der Waals surface area (Å²) < 4.78 is 0. The average Bonchev–Trinajstić information content (AvgIpc) is 2.86. The number of hydrogen-bond acceptors (Lipinski definition) is 9. The van der Waals surface area contributed by atoms with E-state index < -0.39 is 76.1 Å². The first-order chi connectivity index (χ1) is 18.3. The lowest BCUT2D eigenvalue weighted by molar-refractivity contribution is -0.181. The minimum Gasteiger partial charge on any atom is -0.507 e. The summed E-state index contributed by atoms with van der Waals surface area (Å²) in [7, 11) is 3.03. The molecule has 0 aromatic heterocycles. The quantitative estimate of drug-likeness (QED) is 0.395. The van der Waals surface area contributed by atoms with Crippen LogP contribution in [0.25, 0.3) is 11.1 Å². The normalized spacial score (nSPS) is 30.0. The van der Waals surface area contributed by atoms with Crippen molar-refractivity contribution in [2.45, 2.75) is 24.5 Å². The number of benzene rings is 2. The Kier molecular flexibility index (Phi) is 6.04. The maximum Gasteiger partial charge on any atom is 0.335 e. The SMILES string of the molecule is CN(C)C1C(=O)C(C(N)=O)C(=O)C2(O)C(=O)C3C(=O)c4c(O)ccc(-c5cccc(C(=O)O)c5)c4CC3CC12. The summed E-state index contributed by atoms with van der Waals surface area (Å²) in [5.41, 5.74) is 3.76. The summed E-state index contributed by atoms with van der Waals surface area (Å²) in [5.74, 6) is -12.4. The smallest absolute Gasteiger partial charge is 0.335 e. The number of rotatable bonds is 4. The number of Topliss-reactive ketones (excluding diaryl/α,β-unsaturated/α-hetero) is 4. The van der Waals surface area contributed by atoms with Crippen molar-refractivity contribution in [3.8, 4) is 16.9 Å². The third kappa shape index (κ3) is 3.64. The molecule has 2 fully saturated rings. The number of amides is 1. The molecule has 39 heavy (non-hydrogen) atoms. The van der Waals surface area contributed by atoms with Crippen molar-refractivity contribution in [3.63, 3.8) is 0 Å². The summed E-state index contributed by atoms with van der Waals surface area (Å²) in [4.78, 5) is 79.2. The van der Waals surface area contributed by atoms with Gasteiger partial charge in [-0.1, -0.05) is 18.2 Å². The van der Waals surface area contributed by atoms with Gasteiger partial charge in [-0.3, -0.25) is 28.9 Å². The van der Waals surface area contributed by atoms with Crippen LogP contribution in [0.2, 0.25) is 0 Å². The van der Waals surface area contributed by atoms with Crippen LogP contribution in [0.4, 0.5) is 0 Å². The second-order valence-corrected chi connectivity index (χ2v) is 10.7. The zero-order valence-electron chi connectivity index (χ0n) is 21.1. The van der Waals surface area contributed by atoms with Gasteiger partial charge in [0.2, 0.25) is 5.91 Å². The summed E-state index contributed by atoms with van der Waals surface area (Å²) in [5, 5.41) is 31.7. The van der Waals surface area contributed by atoms with Gasteiger partial charge in [0.1, 0.15) is 5.75 Å². The highest BCUT2D eigenvalue weighted by molar-refractivity contribution is 6.32. The Morgan fingerprint density at radius 1 is 1.05 bits per heavy atom. The molecule has 6 atom stereocenters. The van der Waals surface area contributed by atoms with Gasteiger partial charge in [-0.25, -0.2) is 4.79 Å². The predicted molar refractivity (Wildman–Crippen MR) is 134 cm³/mol. The molecule has 0 aliphatic heterocycles. The number of primary amides is 1. The van der Waals surface area contributed by atoms with Gasteiger partial charge in [0.25, 0.3) is 0 Å². The van der Waals surface area contributed by atoms with Crippen molar-refractivity contribution >= 4 is 35.0 Å². The zero-order chi connectivity index (χ0) is 28.5. The number of hydrogen-bond donors (Lipinski definition) is 4. The van der Waals surface area contributed by atoms with E-state index in [0.29, 0.717) is 16.7 Å². The highest BCUT2D eigenvalue weighted by Crippen LogP contribution is 2.51. The molecule has 3 aliphatic carbocycles. The number of aliphatic hydroxyl groups is 1. The fraction of sp³-hybridized carbons (Fsp3) is 0.357. The number of carboxylic acid groups (broad SMARTS) is 1. The Bertz CT molecular complexity index is 1500. The van der Waals surface area contributed by atoms with E-state index >= 15 is 0 Å². The van der Waals surface area contributed by atoms with Crippen LogP contribution < -0.4 is 5.73 Å². The summed E-state index contributed by atoms with van der Waals surface area (Å²) in [6.07, 6.45) is 0.00102. The van der Waals surface area contributed by atoms with Crippen LogP contribution in [-0.4, -0.2) is 81.0 Å². The number of nitrogens with two attached hydrogens (primary N) is 1. The van der Waals surface area contributed by atoms with Gasteiger partial charge in [0.05, 0.1) is 23.1 Å². The molecule has 2 aromatic rings. The molecule has 0 radical (unpaired) electrons. The van der Waals surface area contributed by atoms with Gasteiger partial charge in [-0.05, 0) is 67.7 Å². The highest BCUT2D eigenvalue weighted by Gasteiger charge is 2.69. The molecule has 6 unspecified atom stereocenters. The summed E-state index contributed by atoms with van der Waals surface area (Å²) in [6, 6.07) is 7.68. The van der Waals surface area contributed by atoms with Crippen molar-refractivity contribution < 1.29 is 44.1 Å². The van der Waals surface area contributed by atoms with Gasteiger partial charge in [0, 0.05) is 5.92 Å². The molecule has 11 heteroatoms. The largest absolute Gasteiger partial charge is 0.507 e. The van der Waals surface area contributed by atoms with E-state index in [1.807, 2.05) is 0 Å². The first kappa shape index (κ1) is 26.4. The topological polar surface area (TPSA) is 192 Å². The minimum absolute atomic E-state index is 0.0179. The summed E-state index contributed by atoms with van der Waals surface area (Å²) >= 11 is 0. The zero-order valence-corrected chi connectivity index (χ0v) is 21.1. The van der Waals surface area contributed by atoms with Crippen LogP contribution in [0.3, 0.4) is 0 Å².